The maximum Gasteiger partial charge on any atom is 0.345 e. The van der Waals surface area contributed by atoms with Crippen molar-refractivity contribution in [2.45, 2.75) is 64.7 Å². The lowest BCUT2D eigenvalue weighted by molar-refractivity contribution is -0.171. The summed E-state index contributed by atoms with van der Waals surface area (Å²) in [6, 6.07) is 1.92. The van der Waals surface area contributed by atoms with Crippen LogP contribution in [0.1, 0.15) is 44.7 Å². The van der Waals surface area contributed by atoms with Gasteiger partial charge < -0.3 is 9.64 Å². The van der Waals surface area contributed by atoms with Crippen molar-refractivity contribution in [1.29, 1.82) is 0 Å². The second-order valence-electron chi connectivity index (χ2n) is 6.51. The fourth-order valence-corrected chi connectivity index (χ4v) is 4.32. The molecular formula is C17H24BrF2N3O2. The molecule has 140 valence electrons. The molecule has 1 aliphatic rings. The van der Waals surface area contributed by atoms with Gasteiger partial charge in [0, 0.05) is 13.1 Å². The lowest BCUT2D eigenvalue weighted by atomic mass is 9.81. The van der Waals surface area contributed by atoms with Crippen LogP contribution in [0.15, 0.2) is 15.7 Å². The Hall–Kier alpha value is -1.15. The summed E-state index contributed by atoms with van der Waals surface area (Å²) in [5.74, 6) is 1.16. The molecule has 0 radical (unpaired) electrons. The van der Waals surface area contributed by atoms with Gasteiger partial charge in [0.15, 0.2) is 0 Å². The van der Waals surface area contributed by atoms with E-state index in [2.05, 4.69) is 42.7 Å². The van der Waals surface area contributed by atoms with Gasteiger partial charge in [-0.1, -0.05) is 6.92 Å². The Balaban J connectivity index is 2.10. The van der Waals surface area contributed by atoms with Crippen LogP contribution >= 0.6 is 15.9 Å². The third kappa shape index (κ3) is 4.94. The molecule has 1 aromatic heterocycles. The molecule has 0 spiro atoms. The van der Waals surface area contributed by atoms with Crippen LogP contribution in [0, 0.1) is 17.7 Å². The van der Waals surface area contributed by atoms with E-state index in [1.807, 2.05) is 7.05 Å². The topological polar surface area (TPSA) is 54.8 Å². The molecule has 1 fully saturated rings. The highest BCUT2D eigenvalue weighted by atomic mass is 79.9. The summed E-state index contributed by atoms with van der Waals surface area (Å²) >= 11 is 3.47. The molecule has 0 bridgehead atoms. The van der Waals surface area contributed by atoms with Crippen molar-refractivity contribution in [1.82, 2.24) is 4.98 Å². The summed E-state index contributed by atoms with van der Waals surface area (Å²) in [4.78, 5) is 17.5. The molecule has 1 saturated carbocycles. The van der Waals surface area contributed by atoms with E-state index in [4.69, 9.17) is 0 Å². The molecule has 1 atom stereocenters. The summed E-state index contributed by atoms with van der Waals surface area (Å²) < 4.78 is 30.1. The predicted molar refractivity (Wildman–Crippen MR) is 97.4 cm³/mol. The van der Waals surface area contributed by atoms with Crippen molar-refractivity contribution < 1.29 is 13.5 Å². The smallest absolute Gasteiger partial charge is 0.345 e. The minimum absolute atomic E-state index is 0.241. The average Bonchev–Trinajstić information content (AvgIpc) is 2.58. The first-order valence-corrected chi connectivity index (χ1v) is 9.33. The number of hydrogen-bond donors (Lipinski definition) is 0. The first-order chi connectivity index (χ1) is 11.9. The number of nitrogens with zero attached hydrogens (tertiary/aromatic N) is 3. The third-order valence-electron chi connectivity index (χ3n) is 5.03. The zero-order chi connectivity index (χ0) is 18.6. The van der Waals surface area contributed by atoms with E-state index in [1.54, 1.807) is 13.0 Å². The fourth-order valence-electron chi connectivity index (χ4n) is 3.73. The lowest BCUT2D eigenvalue weighted by Crippen LogP contribution is -2.41. The monoisotopic (exact) mass is 419 g/mol. The number of aryl methyl sites for hydroxylation is 1. The molecule has 0 aromatic carbocycles. The summed E-state index contributed by atoms with van der Waals surface area (Å²) in [6.45, 7) is 1.18. The number of alkyl halides is 2. The van der Waals surface area contributed by atoms with E-state index < -0.39 is 6.61 Å². The van der Waals surface area contributed by atoms with E-state index in [0.29, 0.717) is 30.1 Å². The van der Waals surface area contributed by atoms with Crippen LogP contribution in [0.2, 0.25) is 0 Å². The molecule has 0 amide bonds. The van der Waals surface area contributed by atoms with Crippen LogP contribution in [0.4, 0.5) is 20.3 Å². The number of aromatic nitrogens is 1. The number of nitroso groups, excluding NO2 is 1. The molecule has 5 nitrogen and oxygen atoms in total. The first kappa shape index (κ1) is 20.2. The molecule has 8 heteroatoms. The summed E-state index contributed by atoms with van der Waals surface area (Å²) in [5.41, 5.74) is 0.908. The number of rotatable bonds is 7. The van der Waals surface area contributed by atoms with E-state index in [1.165, 1.54) is 0 Å². The third-order valence-corrected chi connectivity index (χ3v) is 5.61. The van der Waals surface area contributed by atoms with Crippen molar-refractivity contribution in [3.8, 4) is 0 Å². The van der Waals surface area contributed by atoms with Crippen molar-refractivity contribution in [2.75, 3.05) is 11.9 Å². The van der Waals surface area contributed by atoms with Crippen molar-refractivity contribution >= 4 is 27.4 Å². The number of ether oxygens (including phenoxy) is 1. The normalized spacial score (nSPS) is 22.0. The SMILES string of the molecule is CCC(C1CCC(OC(F)F)CC1)N(C)c1nc(C)c(N=O)cc1Br. The molecule has 2 rings (SSSR count). The Bertz CT molecular complexity index is 596. The highest BCUT2D eigenvalue weighted by Crippen LogP contribution is 2.36. The second kappa shape index (κ2) is 8.98. The highest BCUT2D eigenvalue weighted by Gasteiger charge is 2.31. The first-order valence-electron chi connectivity index (χ1n) is 8.54. The molecule has 1 unspecified atom stereocenters. The van der Waals surface area contributed by atoms with Crippen molar-refractivity contribution in [2.24, 2.45) is 11.1 Å². The van der Waals surface area contributed by atoms with Crippen LogP contribution in [0.25, 0.3) is 0 Å². The van der Waals surface area contributed by atoms with E-state index >= 15 is 0 Å². The summed E-state index contributed by atoms with van der Waals surface area (Å²) in [6.07, 6.45) is 3.59. The van der Waals surface area contributed by atoms with E-state index in [-0.39, 0.29) is 12.1 Å². The number of halogens is 3. The standard InChI is InChI=1S/C17H24BrF2N3O2/c1-4-15(11-5-7-12(8-6-11)25-17(19)20)23(3)16-13(18)9-14(22-24)10(2)21-16/h9,11-12,15,17H,4-8H2,1-3H3. The van der Waals surface area contributed by atoms with Gasteiger partial charge in [-0.15, -0.1) is 4.91 Å². The van der Waals surface area contributed by atoms with Crippen LogP contribution < -0.4 is 4.90 Å². The molecule has 0 N–H and O–H groups in total. The molecule has 0 saturated heterocycles. The van der Waals surface area contributed by atoms with Gasteiger partial charge in [0.25, 0.3) is 0 Å². The minimum atomic E-state index is -2.70. The molecule has 25 heavy (non-hydrogen) atoms. The zero-order valence-electron chi connectivity index (χ0n) is 14.7. The zero-order valence-corrected chi connectivity index (χ0v) is 16.3. The second-order valence-corrected chi connectivity index (χ2v) is 7.36. The van der Waals surface area contributed by atoms with Gasteiger partial charge in [-0.25, -0.2) is 4.98 Å². The van der Waals surface area contributed by atoms with Crippen LogP contribution in [0.3, 0.4) is 0 Å². The summed E-state index contributed by atoms with van der Waals surface area (Å²) in [7, 11) is 1.98. The lowest BCUT2D eigenvalue weighted by Gasteiger charge is -2.39. The van der Waals surface area contributed by atoms with Crippen LogP contribution in [-0.4, -0.2) is 30.8 Å². The predicted octanol–water partition coefficient (Wildman–Crippen LogP) is 5.56. The van der Waals surface area contributed by atoms with Gasteiger partial charge >= 0.3 is 6.61 Å². The number of hydrogen-bond acceptors (Lipinski definition) is 5. The Kier molecular flexibility index (Phi) is 7.25. The summed E-state index contributed by atoms with van der Waals surface area (Å²) in [5, 5.41) is 2.98. The van der Waals surface area contributed by atoms with Gasteiger partial charge in [-0.05, 0) is 72.1 Å². The minimum Gasteiger partial charge on any atom is -0.355 e. The molecule has 1 aliphatic carbocycles. The average molecular weight is 420 g/mol. The Morgan fingerprint density at radius 1 is 1.40 bits per heavy atom. The highest BCUT2D eigenvalue weighted by molar-refractivity contribution is 9.10. The van der Waals surface area contributed by atoms with Crippen LogP contribution in [0.5, 0.6) is 0 Å². The van der Waals surface area contributed by atoms with Crippen molar-refractivity contribution in [3.63, 3.8) is 0 Å². The van der Waals surface area contributed by atoms with E-state index in [0.717, 1.165) is 29.6 Å². The maximum absolute atomic E-state index is 12.4. The Morgan fingerprint density at radius 2 is 2.04 bits per heavy atom. The van der Waals surface area contributed by atoms with Gasteiger partial charge in [-0.3, -0.25) is 0 Å². The molecule has 0 aliphatic heterocycles. The van der Waals surface area contributed by atoms with Crippen LogP contribution in [-0.2, 0) is 4.74 Å². The molecular weight excluding hydrogens is 396 g/mol. The quantitative estimate of drug-likeness (QED) is 0.542. The Labute approximate surface area is 155 Å². The van der Waals surface area contributed by atoms with Gasteiger partial charge in [-0.2, -0.15) is 8.78 Å². The maximum atomic E-state index is 12.4. The van der Waals surface area contributed by atoms with Gasteiger partial charge in [0.05, 0.1) is 16.3 Å². The fraction of sp³-hybridized carbons (Fsp3) is 0.706. The number of anilines is 1. The van der Waals surface area contributed by atoms with Gasteiger partial charge in [0.2, 0.25) is 0 Å². The van der Waals surface area contributed by atoms with Gasteiger partial charge in [0.1, 0.15) is 11.5 Å². The van der Waals surface area contributed by atoms with E-state index in [9.17, 15) is 13.7 Å². The largest absolute Gasteiger partial charge is 0.355 e. The molecule has 1 aromatic rings. The van der Waals surface area contributed by atoms with Crippen molar-refractivity contribution in [3.05, 3.63) is 21.1 Å². The number of pyridine rings is 1. The Morgan fingerprint density at radius 3 is 2.56 bits per heavy atom. The molecule has 1 heterocycles.